The zero-order valence-corrected chi connectivity index (χ0v) is 11.5. The summed E-state index contributed by atoms with van der Waals surface area (Å²) in [6.45, 7) is 2.28. The molecule has 0 radical (unpaired) electrons. The van der Waals surface area contributed by atoms with Gasteiger partial charge in [0.2, 0.25) is 0 Å². The van der Waals surface area contributed by atoms with Crippen LogP contribution in [0.4, 0.5) is 5.69 Å². The standard InChI is InChI=1S/C15H24N2O/c1-16-11-10-13-5-3-4-12-17(13)14-6-8-15(18-2)9-7-14/h6-9,13,16H,3-5,10-12H2,1-2H3. The molecule has 3 nitrogen and oxygen atoms in total. The van der Waals surface area contributed by atoms with E-state index in [1.165, 1.54) is 37.9 Å². The summed E-state index contributed by atoms with van der Waals surface area (Å²) in [5.41, 5.74) is 1.33. The van der Waals surface area contributed by atoms with Crippen LogP contribution >= 0.6 is 0 Å². The molecule has 0 bridgehead atoms. The predicted molar refractivity (Wildman–Crippen MR) is 76.5 cm³/mol. The van der Waals surface area contributed by atoms with E-state index in [2.05, 4.69) is 34.5 Å². The summed E-state index contributed by atoms with van der Waals surface area (Å²) in [6.07, 6.45) is 5.21. The van der Waals surface area contributed by atoms with Crippen molar-refractivity contribution in [3.05, 3.63) is 24.3 Å². The van der Waals surface area contributed by atoms with E-state index >= 15 is 0 Å². The van der Waals surface area contributed by atoms with E-state index in [1.54, 1.807) is 7.11 Å². The molecule has 100 valence electrons. The minimum absolute atomic E-state index is 0.680. The van der Waals surface area contributed by atoms with Crippen molar-refractivity contribution in [1.29, 1.82) is 0 Å². The van der Waals surface area contributed by atoms with Gasteiger partial charge in [-0.05, 0) is 63.5 Å². The van der Waals surface area contributed by atoms with Crippen molar-refractivity contribution in [2.75, 3.05) is 32.1 Å². The molecule has 1 aliphatic rings. The molecule has 0 saturated carbocycles. The van der Waals surface area contributed by atoms with Crippen LogP contribution in [-0.2, 0) is 0 Å². The van der Waals surface area contributed by atoms with E-state index in [0.29, 0.717) is 6.04 Å². The Bertz CT molecular complexity index is 350. The molecule has 0 aromatic heterocycles. The third kappa shape index (κ3) is 3.16. The van der Waals surface area contributed by atoms with Crippen LogP contribution in [0.5, 0.6) is 5.75 Å². The highest BCUT2D eigenvalue weighted by molar-refractivity contribution is 5.50. The van der Waals surface area contributed by atoms with Crippen LogP contribution in [0.1, 0.15) is 25.7 Å². The number of methoxy groups -OCH3 is 1. The topological polar surface area (TPSA) is 24.5 Å². The molecule has 2 rings (SSSR count). The molecule has 1 fully saturated rings. The van der Waals surface area contributed by atoms with Crippen LogP contribution in [0, 0.1) is 0 Å². The van der Waals surface area contributed by atoms with E-state index < -0.39 is 0 Å². The Balaban J connectivity index is 2.06. The molecule has 18 heavy (non-hydrogen) atoms. The molecular weight excluding hydrogens is 224 g/mol. The Hall–Kier alpha value is -1.22. The van der Waals surface area contributed by atoms with Gasteiger partial charge in [0.05, 0.1) is 7.11 Å². The van der Waals surface area contributed by atoms with Crippen LogP contribution in [0.2, 0.25) is 0 Å². The van der Waals surface area contributed by atoms with Crippen LogP contribution in [-0.4, -0.2) is 33.3 Å². The Kier molecular flexibility index (Phi) is 4.88. The highest BCUT2D eigenvalue weighted by Crippen LogP contribution is 2.27. The lowest BCUT2D eigenvalue weighted by Gasteiger charge is -2.37. The van der Waals surface area contributed by atoms with Gasteiger partial charge >= 0.3 is 0 Å². The molecule has 3 heteroatoms. The lowest BCUT2D eigenvalue weighted by Crippen LogP contribution is -2.41. The average Bonchev–Trinajstić information content (AvgIpc) is 2.45. The third-order valence-electron chi connectivity index (χ3n) is 3.76. The first-order valence-electron chi connectivity index (χ1n) is 6.90. The van der Waals surface area contributed by atoms with Crippen molar-refractivity contribution in [3.8, 4) is 5.75 Å². The number of piperidine rings is 1. The van der Waals surface area contributed by atoms with Crippen molar-refractivity contribution in [2.45, 2.75) is 31.7 Å². The summed E-state index contributed by atoms with van der Waals surface area (Å²) in [5, 5.41) is 3.26. The smallest absolute Gasteiger partial charge is 0.119 e. The maximum atomic E-state index is 5.22. The number of hydrogen-bond acceptors (Lipinski definition) is 3. The van der Waals surface area contributed by atoms with Gasteiger partial charge in [0.25, 0.3) is 0 Å². The highest BCUT2D eigenvalue weighted by Gasteiger charge is 2.21. The second-order valence-electron chi connectivity index (χ2n) is 4.93. The molecule has 1 heterocycles. The van der Waals surface area contributed by atoms with E-state index in [9.17, 15) is 0 Å². The van der Waals surface area contributed by atoms with Gasteiger partial charge in [0, 0.05) is 18.3 Å². The quantitative estimate of drug-likeness (QED) is 0.867. The molecule has 0 aliphatic carbocycles. The summed E-state index contributed by atoms with van der Waals surface area (Å²) in [6, 6.07) is 9.14. The van der Waals surface area contributed by atoms with Gasteiger partial charge in [-0.2, -0.15) is 0 Å². The first-order chi connectivity index (χ1) is 8.85. The predicted octanol–water partition coefficient (Wildman–Crippen LogP) is 2.66. The average molecular weight is 248 g/mol. The lowest BCUT2D eigenvalue weighted by molar-refractivity contribution is 0.414. The summed E-state index contributed by atoms with van der Waals surface area (Å²) in [4.78, 5) is 2.56. The third-order valence-corrected chi connectivity index (χ3v) is 3.76. The SMILES string of the molecule is CNCCC1CCCCN1c1ccc(OC)cc1. The van der Waals surface area contributed by atoms with Crippen molar-refractivity contribution in [2.24, 2.45) is 0 Å². The van der Waals surface area contributed by atoms with E-state index in [-0.39, 0.29) is 0 Å². The molecule has 1 saturated heterocycles. The summed E-state index contributed by atoms with van der Waals surface area (Å²) in [7, 11) is 3.74. The Labute approximate surface area is 110 Å². The number of anilines is 1. The summed E-state index contributed by atoms with van der Waals surface area (Å²) < 4.78 is 5.22. The van der Waals surface area contributed by atoms with Crippen LogP contribution in [0.25, 0.3) is 0 Å². The molecule has 1 aromatic rings. The molecule has 1 unspecified atom stereocenters. The number of nitrogens with zero attached hydrogens (tertiary/aromatic N) is 1. The van der Waals surface area contributed by atoms with Crippen molar-refractivity contribution < 1.29 is 4.74 Å². The second-order valence-corrected chi connectivity index (χ2v) is 4.93. The van der Waals surface area contributed by atoms with Crippen molar-refractivity contribution in [1.82, 2.24) is 5.32 Å². The molecule has 1 aromatic carbocycles. The van der Waals surface area contributed by atoms with Crippen LogP contribution in [0.3, 0.4) is 0 Å². The van der Waals surface area contributed by atoms with Gasteiger partial charge in [-0.1, -0.05) is 0 Å². The number of nitrogens with one attached hydrogen (secondary N) is 1. The first kappa shape index (κ1) is 13.2. The highest BCUT2D eigenvalue weighted by atomic mass is 16.5. The van der Waals surface area contributed by atoms with E-state index in [1.807, 2.05) is 7.05 Å². The molecular formula is C15H24N2O. The Morgan fingerprint density at radius 3 is 2.72 bits per heavy atom. The Morgan fingerprint density at radius 2 is 2.06 bits per heavy atom. The van der Waals surface area contributed by atoms with Gasteiger partial charge < -0.3 is 15.0 Å². The number of rotatable bonds is 5. The maximum Gasteiger partial charge on any atom is 0.119 e. The Morgan fingerprint density at radius 1 is 1.28 bits per heavy atom. The van der Waals surface area contributed by atoms with Crippen LogP contribution < -0.4 is 15.0 Å². The summed E-state index contributed by atoms with van der Waals surface area (Å²) in [5.74, 6) is 0.933. The summed E-state index contributed by atoms with van der Waals surface area (Å²) >= 11 is 0. The second kappa shape index (κ2) is 6.64. The van der Waals surface area contributed by atoms with Gasteiger partial charge in [-0.25, -0.2) is 0 Å². The van der Waals surface area contributed by atoms with E-state index in [0.717, 1.165) is 12.3 Å². The first-order valence-corrected chi connectivity index (χ1v) is 6.90. The zero-order valence-electron chi connectivity index (χ0n) is 11.5. The van der Waals surface area contributed by atoms with Crippen molar-refractivity contribution >= 4 is 5.69 Å². The van der Waals surface area contributed by atoms with Gasteiger partial charge in [-0.3, -0.25) is 0 Å². The maximum absolute atomic E-state index is 5.22. The molecule has 1 aliphatic heterocycles. The van der Waals surface area contributed by atoms with E-state index in [4.69, 9.17) is 4.74 Å². The van der Waals surface area contributed by atoms with Gasteiger partial charge in [-0.15, -0.1) is 0 Å². The number of benzene rings is 1. The lowest BCUT2D eigenvalue weighted by atomic mass is 9.98. The molecule has 1 N–H and O–H groups in total. The van der Waals surface area contributed by atoms with Crippen LogP contribution in [0.15, 0.2) is 24.3 Å². The largest absolute Gasteiger partial charge is 0.497 e. The van der Waals surface area contributed by atoms with Crippen molar-refractivity contribution in [3.63, 3.8) is 0 Å². The minimum Gasteiger partial charge on any atom is -0.497 e. The molecule has 0 amide bonds. The van der Waals surface area contributed by atoms with Gasteiger partial charge in [0.15, 0.2) is 0 Å². The fraction of sp³-hybridized carbons (Fsp3) is 0.600. The molecule has 1 atom stereocenters. The fourth-order valence-corrected chi connectivity index (χ4v) is 2.73. The fourth-order valence-electron chi connectivity index (χ4n) is 2.73. The number of hydrogen-bond donors (Lipinski definition) is 1. The minimum atomic E-state index is 0.680. The molecule has 0 spiro atoms. The number of ether oxygens (including phenoxy) is 1. The van der Waals surface area contributed by atoms with Gasteiger partial charge in [0.1, 0.15) is 5.75 Å². The normalized spacial score (nSPS) is 19.9. The zero-order chi connectivity index (χ0) is 12.8. The monoisotopic (exact) mass is 248 g/mol.